The highest BCUT2D eigenvalue weighted by atomic mass is 28.4. The van der Waals surface area contributed by atoms with Gasteiger partial charge in [0.05, 0.1) is 6.10 Å². The van der Waals surface area contributed by atoms with Crippen molar-refractivity contribution in [2.24, 2.45) is 0 Å². The summed E-state index contributed by atoms with van der Waals surface area (Å²) in [6, 6.07) is 0.789. The van der Waals surface area contributed by atoms with Crippen molar-refractivity contribution < 1.29 is 18.0 Å². The van der Waals surface area contributed by atoms with Crippen molar-refractivity contribution in [1.29, 1.82) is 0 Å². The van der Waals surface area contributed by atoms with Crippen LogP contribution in [0.2, 0.25) is 6.04 Å². The van der Waals surface area contributed by atoms with Gasteiger partial charge < -0.3 is 18.0 Å². The van der Waals surface area contributed by atoms with Gasteiger partial charge in [-0.3, -0.25) is 0 Å². The highest BCUT2D eigenvalue weighted by Gasteiger charge is 2.37. The van der Waals surface area contributed by atoms with Crippen LogP contribution in [0, 0.1) is 0 Å². The topological polar surface area (TPSA) is 36.9 Å². The lowest BCUT2D eigenvalue weighted by Crippen LogP contribution is -2.43. The van der Waals surface area contributed by atoms with Crippen molar-refractivity contribution in [3.63, 3.8) is 0 Å². The Kier molecular flexibility index (Phi) is 7.39. The monoisotopic (exact) mass is 222 g/mol. The molecule has 0 radical (unpaired) electrons. The zero-order chi connectivity index (χ0) is 11.0. The van der Waals surface area contributed by atoms with E-state index in [2.05, 4.69) is 0 Å². The molecule has 0 aromatic heterocycles. The van der Waals surface area contributed by atoms with E-state index in [0.29, 0.717) is 0 Å². The van der Waals surface area contributed by atoms with E-state index in [0.717, 1.165) is 19.1 Å². The fourth-order valence-electron chi connectivity index (χ4n) is 1.30. The highest BCUT2D eigenvalue weighted by molar-refractivity contribution is 6.60. The maximum Gasteiger partial charge on any atom is 0.500 e. The third-order valence-electron chi connectivity index (χ3n) is 2.24. The van der Waals surface area contributed by atoms with Gasteiger partial charge in [-0.05, 0) is 20.3 Å². The second kappa shape index (κ2) is 7.36. The van der Waals surface area contributed by atoms with E-state index in [1.54, 1.807) is 21.3 Å². The molecule has 0 saturated heterocycles. The molecule has 0 bridgehead atoms. The molecule has 0 amide bonds. The summed E-state index contributed by atoms with van der Waals surface area (Å²) in [7, 11) is 2.50. The minimum Gasteiger partial charge on any atom is -0.379 e. The molecule has 0 fully saturated rings. The van der Waals surface area contributed by atoms with Gasteiger partial charge in [-0.25, -0.2) is 0 Å². The second-order valence-corrected chi connectivity index (χ2v) is 6.19. The molecule has 0 aliphatic carbocycles. The van der Waals surface area contributed by atoms with Crippen LogP contribution in [0.4, 0.5) is 0 Å². The molecule has 1 atom stereocenters. The van der Waals surface area contributed by atoms with Crippen LogP contribution in [0.15, 0.2) is 0 Å². The fraction of sp³-hybridized carbons (Fsp3) is 1.00. The molecule has 0 aliphatic rings. The van der Waals surface area contributed by atoms with Crippen LogP contribution < -0.4 is 0 Å². The molecule has 0 rings (SSSR count). The smallest absolute Gasteiger partial charge is 0.379 e. The maximum atomic E-state index is 5.43. The number of ether oxygens (including phenoxy) is 1. The fourth-order valence-corrected chi connectivity index (χ4v) is 3.18. The minimum absolute atomic E-state index is 0.229. The molecule has 0 aromatic rings. The number of hydrogen-bond donors (Lipinski definition) is 0. The summed E-state index contributed by atoms with van der Waals surface area (Å²) in [5, 5.41) is 0. The third-order valence-corrected chi connectivity index (χ3v) is 5.01. The van der Waals surface area contributed by atoms with Gasteiger partial charge >= 0.3 is 8.80 Å². The van der Waals surface area contributed by atoms with Crippen molar-refractivity contribution in [3.8, 4) is 0 Å². The summed E-state index contributed by atoms with van der Waals surface area (Å²) >= 11 is 0. The SMILES string of the molecule is CCOC(C)CC[Si](OC)(OC)OC. The van der Waals surface area contributed by atoms with Gasteiger partial charge in [-0.1, -0.05) is 0 Å². The Morgan fingerprint density at radius 3 is 1.93 bits per heavy atom. The Labute approximate surface area is 87.9 Å². The summed E-state index contributed by atoms with van der Waals surface area (Å²) in [6.07, 6.45) is 1.13. The molecule has 5 heteroatoms. The quantitative estimate of drug-likeness (QED) is 0.586. The van der Waals surface area contributed by atoms with Crippen molar-refractivity contribution in [2.45, 2.75) is 32.4 Å². The molecule has 0 spiro atoms. The first kappa shape index (κ1) is 14.1. The molecule has 0 saturated carbocycles. The van der Waals surface area contributed by atoms with Gasteiger partial charge in [0.25, 0.3) is 0 Å². The molecular weight excluding hydrogens is 200 g/mol. The standard InChI is InChI=1S/C9H22O4Si/c1-6-13-9(2)7-8-14(10-3,11-4)12-5/h9H,6-8H2,1-5H3. The van der Waals surface area contributed by atoms with Gasteiger partial charge in [-0.2, -0.15) is 0 Å². The number of hydrogen-bond acceptors (Lipinski definition) is 4. The van der Waals surface area contributed by atoms with Crippen LogP contribution in [0.3, 0.4) is 0 Å². The normalized spacial score (nSPS) is 14.4. The Bertz CT molecular complexity index is 131. The molecular formula is C9H22O4Si. The van der Waals surface area contributed by atoms with E-state index in [-0.39, 0.29) is 6.10 Å². The zero-order valence-corrected chi connectivity index (χ0v) is 10.8. The minimum atomic E-state index is -2.39. The average molecular weight is 222 g/mol. The van der Waals surface area contributed by atoms with Crippen molar-refractivity contribution in [2.75, 3.05) is 27.9 Å². The summed E-state index contributed by atoms with van der Waals surface area (Å²) < 4.78 is 21.3. The Morgan fingerprint density at radius 2 is 1.57 bits per heavy atom. The Morgan fingerprint density at radius 1 is 1.07 bits per heavy atom. The van der Waals surface area contributed by atoms with E-state index in [1.165, 1.54) is 0 Å². The second-order valence-electron chi connectivity index (χ2n) is 3.10. The summed E-state index contributed by atoms with van der Waals surface area (Å²) in [5.41, 5.74) is 0. The lowest BCUT2D eigenvalue weighted by atomic mass is 10.3. The largest absolute Gasteiger partial charge is 0.500 e. The lowest BCUT2D eigenvalue weighted by Gasteiger charge is -2.25. The first-order chi connectivity index (χ1) is 6.64. The first-order valence-electron chi connectivity index (χ1n) is 4.91. The van der Waals surface area contributed by atoms with Gasteiger partial charge in [-0.15, -0.1) is 0 Å². The van der Waals surface area contributed by atoms with E-state index in [4.69, 9.17) is 18.0 Å². The number of rotatable bonds is 8. The van der Waals surface area contributed by atoms with Crippen LogP contribution in [0.25, 0.3) is 0 Å². The molecule has 0 aromatic carbocycles. The van der Waals surface area contributed by atoms with E-state index < -0.39 is 8.80 Å². The van der Waals surface area contributed by atoms with E-state index in [1.807, 2.05) is 13.8 Å². The summed E-state index contributed by atoms with van der Waals surface area (Å²) in [5.74, 6) is 0. The van der Waals surface area contributed by atoms with Crippen molar-refractivity contribution >= 4 is 8.80 Å². The van der Waals surface area contributed by atoms with Gasteiger partial charge in [0.15, 0.2) is 0 Å². The Hall–Kier alpha value is 0.0569. The molecule has 4 nitrogen and oxygen atoms in total. The van der Waals surface area contributed by atoms with Crippen LogP contribution >= 0.6 is 0 Å². The predicted octanol–water partition coefficient (Wildman–Crippen LogP) is 1.68. The molecule has 0 heterocycles. The first-order valence-corrected chi connectivity index (χ1v) is 6.84. The van der Waals surface area contributed by atoms with Crippen LogP contribution in [0.5, 0.6) is 0 Å². The Balaban J connectivity index is 3.92. The summed E-state index contributed by atoms with van der Waals surface area (Å²) in [4.78, 5) is 0. The van der Waals surface area contributed by atoms with E-state index >= 15 is 0 Å². The molecule has 0 N–H and O–H groups in total. The molecule has 0 aliphatic heterocycles. The van der Waals surface area contributed by atoms with Crippen LogP contribution in [0.1, 0.15) is 20.3 Å². The van der Waals surface area contributed by atoms with Gasteiger partial charge in [0.1, 0.15) is 0 Å². The zero-order valence-electron chi connectivity index (χ0n) is 9.83. The van der Waals surface area contributed by atoms with Crippen LogP contribution in [-0.4, -0.2) is 42.8 Å². The van der Waals surface area contributed by atoms with Crippen molar-refractivity contribution in [3.05, 3.63) is 0 Å². The van der Waals surface area contributed by atoms with Gasteiger partial charge in [0, 0.05) is 34.0 Å². The van der Waals surface area contributed by atoms with Crippen LogP contribution in [-0.2, 0) is 18.0 Å². The average Bonchev–Trinajstić information content (AvgIpc) is 2.21. The predicted molar refractivity (Wildman–Crippen MR) is 57.3 cm³/mol. The molecule has 86 valence electrons. The third kappa shape index (κ3) is 4.52. The molecule has 14 heavy (non-hydrogen) atoms. The summed E-state index contributed by atoms with van der Waals surface area (Å²) in [6.45, 7) is 4.77. The maximum absolute atomic E-state index is 5.43. The lowest BCUT2D eigenvalue weighted by molar-refractivity contribution is 0.0645. The highest BCUT2D eigenvalue weighted by Crippen LogP contribution is 2.17. The van der Waals surface area contributed by atoms with E-state index in [9.17, 15) is 0 Å². The van der Waals surface area contributed by atoms with Gasteiger partial charge in [0.2, 0.25) is 0 Å². The van der Waals surface area contributed by atoms with Crippen molar-refractivity contribution in [1.82, 2.24) is 0 Å². The molecule has 1 unspecified atom stereocenters.